The summed E-state index contributed by atoms with van der Waals surface area (Å²) in [7, 11) is 0. The zero-order valence-electron chi connectivity index (χ0n) is 54.2. The van der Waals surface area contributed by atoms with E-state index < -0.39 is 328 Å². The summed E-state index contributed by atoms with van der Waals surface area (Å²) in [5, 5.41) is 264. The summed E-state index contributed by atoms with van der Waals surface area (Å²) in [5.41, 5.74) is 0. The molecule has 0 aromatic carbocycles. The van der Waals surface area contributed by atoms with Gasteiger partial charge >= 0.3 is 17.9 Å². The molecule has 1 unspecified atom stereocenters. The van der Waals surface area contributed by atoms with E-state index in [-0.39, 0.29) is 0 Å². The maximum atomic E-state index is 12.5. The van der Waals surface area contributed by atoms with Crippen molar-refractivity contribution in [3.8, 4) is 0 Å². The van der Waals surface area contributed by atoms with E-state index in [0.717, 1.165) is 13.8 Å². The summed E-state index contributed by atoms with van der Waals surface area (Å²) in [6.07, 6.45) is -88.9. The molecule has 8 fully saturated rings. The van der Waals surface area contributed by atoms with E-state index in [0.29, 0.717) is 0 Å². The molecule has 47 heteroatoms. The largest absolute Gasteiger partial charge is 0.547 e. The lowest BCUT2D eigenvalue weighted by Crippen LogP contribution is -2.69. The number of carboxylic acid groups (broad SMARTS) is 2. The molecule has 8 heterocycles. The number of rotatable bonds is 27. The predicted molar refractivity (Wildman–Crippen MR) is 300 cm³/mol. The Morgan fingerprint density at radius 2 is 0.680 bits per heavy atom. The lowest BCUT2D eigenvalue weighted by molar-refractivity contribution is -0.397. The highest BCUT2D eigenvalue weighted by atomic mass is 16.8. The molecule has 594 valence electrons. The second-order valence-electron chi connectivity index (χ2n) is 25.1. The Labute approximate surface area is 579 Å². The van der Waals surface area contributed by atoms with Crippen LogP contribution in [0.15, 0.2) is 0 Å². The van der Waals surface area contributed by atoms with Crippen molar-refractivity contribution >= 4 is 29.8 Å². The van der Waals surface area contributed by atoms with Gasteiger partial charge in [0, 0.05) is 13.8 Å². The number of carbonyl (C=O) groups is 5. The van der Waals surface area contributed by atoms with E-state index in [1.165, 1.54) is 6.92 Å². The van der Waals surface area contributed by atoms with E-state index >= 15 is 0 Å². The molecule has 8 rings (SSSR count). The summed E-state index contributed by atoms with van der Waals surface area (Å²) in [6, 6.07) is 0. The number of aliphatic hydroxyl groups excluding tert-OH is 22. The van der Waals surface area contributed by atoms with Crippen LogP contribution >= 0.6 is 0 Å². The number of carboxylic acids is 2. The van der Waals surface area contributed by atoms with Gasteiger partial charge in [-0.05, 0) is 6.92 Å². The molecular formula is C56H86O47-2. The van der Waals surface area contributed by atoms with Gasteiger partial charge in [-0.3, -0.25) is 14.4 Å². The third kappa shape index (κ3) is 18.8. The Hall–Kier alpha value is -4.13. The zero-order chi connectivity index (χ0) is 76.2. The Morgan fingerprint density at radius 1 is 0.330 bits per heavy atom. The van der Waals surface area contributed by atoms with E-state index in [4.69, 9.17) is 85.3 Å². The van der Waals surface area contributed by atoms with Gasteiger partial charge in [0.15, 0.2) is 68.6 Å². The third-order valence-electron chi connectivity index (χ3n) is 17.8. The molecule has 103 heavy (non-hydrogen) atoms. The Kier molecular flexibility index (Phi) is 29.8. The Morgan fingerprint density at radius 3 is 1.14 bits per heavy atom. The first-order valence-corrected chi connectivity index (χ1v) is 31.9. The van der Waals surface area contributed by atoms with Crippen LogP contribution in [0, 0.1) is 0 Å². The molecule has 0 aromatic heterocycles. The smallest absolute Gasteiger partial charge is 0.308 e. The minimum absolute atomic E-state index is 0.609. The predicted octanol–water partition coefficient (Wildman–Crippen LogP) is -19.5. The fourth-order valence-corrected chi connectivity index (χ4v) is 12.5. The summed E-state index contributed by atoms with van der Waals surface area (Å²) < 4.78 is 99.0. The molecule has 0 aliphatic carbocycles. The average Bonchev–Trinajstić information content (AvgIpc) is 0.770. The van der Waals surface area contributed by atoms with Crippen LogP contribution in [0.3, 0.4) is 0 Å². The van der Waals surface area contributed by atoms with Gasteiger partial charge in [0.1, 0.15) is 177 Å². The van der Waals surface area contributed by atoms with Crippen LogP contribution < -0.4 is 10.2 Å². The highest BCUT2D eigenvalue weighted by molar-refractivity contribution is 5.72. The van der Waals surface area contributed by atoms with Crippen LogP contribution in [0.5, 0.6) is 0 Å². The summed E-state index contributed by atoms with van der Waals surface area (Å²) in [4.78, 5) is 61.1. The number of aliphatic carboxylic acids is 2. The molecule has 0 amide bonds. The van der Waals surface area contributed by atoms with Crippen molar-refractivity contribution in [1.29, 1.82) is 0 Å². The van der Waals surface area contributed by atoms with Gasteiger partial charge in [0.2, 0.25) is 0 Å². The molecule has 0 radical (unpaired) electrons. The minimum atomic E-state index is -2.62. The second kappa shape index (κ2) is 36.4. The van der Waals surface area contributed by atoms with Crippen LogP contribution in [-0.2, 0) is 109 Å². The van der Waals surface area contributed by atoms with Crippen molar-refractivity contribution < 1.29 is 232 Å². The lowest BCUT2D eigenvalue weighted by atomic mass is 9.95. The van der Waals surface area contributed by atoms with Crippen molar-refractivity contribution in [2.75, 3.05) is 39.6 Å². The average molecular weight is 1510 g/mol. The number of carbonyl (C=O) groups excluding carboxylic acids is 5. The maximum Gasteiger partial charge on any atom is 0.308 e. The number of aliphatic hydroxyl groups is 22. The second-order valence-corrected chi connectivity index (χ2v) is 25.1. The molecule has 0 bridgehead atoms. The van der Waals surface area contributed by atoms with Gasteiger partial charge in [0.05, 0.1) is 64.1 Å². The Balaban J connectivity index is 0.919. The third-order valence-corrected chi connectivity index (χ3v) is 17.8. The molecule has 0 spiro atoms. The molecule has 8 aliphatic rings. The van der Waals surface area contributed by atoms with Crippen LogP contribution in [0.4, 0.5) is 0 Å². The molecule has 8 saturated heterocycles. The highest BCUT2D eigenvalue weighted by Gasteiger charge is 2.60. The first kappa shape index (κ1) is 84.5. The fraction of sp³-hybridized carbons (Fsp3) is 0.911. The minimum Gasteiger partial charge on any atom is -0.547 e. The van der Waals surface area contributed by atoms with E-state index in [1.54, 1.807) is 0 Å². The molecule has 22 N–H and O–H groups in total. The van der Waals surface area contributed by atoms with Gasteiger partial charge in [-0.25, -0.2) is 0 Å². The molecule has 47 nitrogen and oxygen atoms in total. The number of ether oxygens (including phenoxy) is 18. The fourth-order valence-electron chi connectivity index (χ4n) is 12.5. The first-order chi connectivity index (χ1) is 48.5. The van der Waals surface area contributed by atoms with Gasteiger partial charge in [-0.2, -0.15) is 0 Å². The van der Waals surface area contributed by atoms with Crippen molar-refractivity contribution in [3.63, 3.8) is 0 Å². The normalized spacial score (nSPS) is 47.9. The lowest BCUT2D eigenvalue weighted by Gasteiger charge is -2.50. The monoisotopic (exact) mass is 1510 g/mol. The first-order valence-electron chi connectivity index (χ1n) is 31.9. The van der Waals surface area contributed by atoms with Crippen LogP contribution in [0.2, 0.25) is 0 Å². The van der Waals surface area contributed by atoms with Crippen LogP contribution in [0.25, 0.3) is 0 Å². The number of hydrogen-bond acceptors (Lipinski definition) is 47. The standard InChI is InChI=1S/C56H88O47/c1-11(62)4-20(65)95-40-21(66)14(5-57)91-55(34(40)79)100-41-22(67)15(6-58)90-54(35(41)80)97-37-17(8-60)93-51(30(75)26(37)71)96-36-16(7-59)92-50(29(74)25(36)70)86-10-19-39(32(77)44(49(85)89-19)87-12(2)63)98-52-31(76)27(72)38(18(9-61)94-52)99-56-45(88-13(3)64)33(78)42(46(103-56)48(83)84)101-53-28(73)23(68)24(69)43(102-53)47(81)82/h11,14-19,21-46,49-62,66-80,85H,4-10H2,1-3H3,(H,81,82)(H,83,84)/p-2/t11?,14-,15-,16-,17-,18-,19-,21+,22-,23+,24+,25-,26-,27-,28-,29-,30-,31-,32+,33+,34-,35-,36-,37-,38-,39-,40+,41+,42+,43+,44-,45-,46+,49+,50-,51+,52+,53-,54+,55+,56-/m1/s1. The molecule has 8 aliphatic heterocycles. The van der Waals surface area contributed by atoms with Gasteiger partial charge in [0.25, 0.3) is 0 Å². The van der Waals surface area contributed by atoms with E-state index in [1.807, 2.05) is 0 Å². The summed E-state index contributed by atoms with van der Waals surface area (Å²) in [5.74, 6) is -7.93. The number of hydrogen-bond donors (Lipinski definition) is 22. The van der Waals surface area contributed by atoms with Crippen molar-refractivity contribution in [1.82, 2.24) is 0 Å². The molecule has 0 aromatic rings. The maximum absolute atomic E-state index is 12.5. The Bertz CT molecular complexity index is 2740. The summed E-state index contributed by atoms with van der Waals surface area (Å²) in [6.45, 7) is -3.79. The topological polar surface area (TPSA) is 743 Å². The van der Waals surface area contributed by atoms with Crippen LogP contribution in [0.1, 0.15) is 27.2 Å². The SMILES string of the molecule is CC(=O)O[C@@H]1[C@@H](O)[C@H](O[C@@H]2O[C@H](CO)[C@@H](O[C@@H]3O[C@H](C(=O)[O-])[C@@H](O[C@@H]4O[C@H](C(=O)[O-])[C@@H](O)[C@H](O)[C@H]4O)[C@H](O)[C@H]3OC(C)=O)[C@H](O)[C@H]2O)[C@@H](CO[C@@H]2O[C@H](CO)[C@@H](O[C@@H]3O[C@H](CO)[C@@H](O[C@@H]4O[C@H](CO)[C@@H](O)[C@H](O[C@@H]5O[C@H](CO)[C@H](O)[C@H](OC(=O)CC(C)O)[C@H]5O)[C@H]4O)[C@H](O)[C@H]3O)[C@H](O)[C@H]2O)O[C@@H]1O. The molecule has 0 saturated carbocycles. The summed E-state index contributed by atoms with van der Waals surface area (Å²) >= 11 is 0. The molecule has 41 atom stereocenters. The molecular weight excluding hydrogens is 1420 g/mol. The van der Waals surface area contributed by atoms with Gasteiger partial charge in [-0.1, -0.05) is 0 Å². The zero-order valence-corrected chi connectivity index (χ0v) is 54.2. The van der Waals surface area contributed by atoms with Gasteiger partial charge in [-0.15, -0.1) is 0 Å². The van der Waals surface area contributed by atoms with Crippen molar-refractivity contribution in [2.45, 2.75) is 279 Å². The highest BCUT2D eigenvalue weighted by Crippen LogP contribution is 2.39. The van der Waals surface area contributed by atoms with Crippen molar-refractivity contribution in [2.24, 2.45) is 0 Å². The number of esters is 3. The van der Waals surface area contributed by atoms with Crippen LogP contribution in [-0.4, -0.2) is 434 Å². The quantitative estimate of drug-likeness (QED) is 0.0268. The van der Waals surface area contributed by atoms with Gasteiger partial charge < -0.3 is 217 Å². The van der Waals surface area contributed by atoms with E-state index in [9.17, 15) is 147 Å². The van der Waals surface area contributed by atoms with Crippen molar-refractivity contribution in [3.05, 3.63) is 0 Å². The van der Waals surface area contributed by atoms with E-state index in [2.05, 4.69) is 0 Å².